The molecule has 2 aromatic rings. The lowest BCUT2D eigenvalue weighted by Crippen LogP contribution is -2.46. The number of hydrogen-bond acceptors (Lipinski definition) is 3. The van der Waals surface area contributed by atoms with Crippen molar-refractivity contribution in [3.63, 3.8) is 0 Å². The van der Waals surface area contributed by atoms with Crippen LogP contribution in [0, 0.1) is 5.41 Å². The molecule has 1 aliphatic carbocycles. The summed E-state index contributed by atoms with van der Waals surface area (Å²) in [4.78, 5) is 24.8. The average Bonchev–Trinajstić information content (AvgIpc) is 2.95. The zero-order valence-electron chi connectivity index (χ0n) is 14.9. The van der Waals surface area contributed by atoms with Crippen LogP contribution in [0.2, 0.25) is 0 Å². The van der Waals surface area contributed by atoms with E-state index >= 15 is 0 Å². The number of amides is 1. The Morgan fingerprint density at radius 1 is 1.32 bits per heavy atom. The Balaban J connectivity index is 1.86. The van der Waals surface area contributed by atoms with E-state index in [9.17, 15) is 14.7 Å². The summed E-state index contributed by atoms with van der Waals surface area (Å²) >= 11 is 0. The summed E-state index contributed by atoms with van der Waals surface area (Å²) < 4.78 is 1.91. The molecule has 1 amide bonds. The highest BCUT2D eigenvalue weighted by atomic mass is 16.3. The van der Waals surface area contributed by atoms with Gasteiger partial charge in [0.1, 0.15) is 6.04 Å². The quantitative estimate of drug-likeness (QED) is 0.760. The van der Waals surface area contributed by atoms with Gasteiger partial charge >= 0.3 is 0 Å². The van der Waals surface area contributed by atoms with Crippen LogP contribution in [0.1, 0.15) is 55.9 Å². The van der Waals surface area contributed by atoms with Crippen molar-refractivity contribution < 1.29 is 14.7 Å². The van der Waals surface area contributed by atoms with Crippen molar-refractivity contribution in [3.05, 3.63) is 36.0 Å². The van der Waals surface area contributed by atoms with Gasteiger partial charge < -0.3 is 15.0 Å². The number of Topliss-reactive ketones (excluding diaryl/α,β-unsaturated/α-hetero) is 1. The lowest BCUT2D eigenvalue weighted by atomic mass is 9.69. The maximum atomic E-state index is 12.8. The highest BCUT2D eigenvalue weighted by Gasteiger charge is 2.37. The van der Waals surface area contributed by atoms with Gasteiger partial charge in [-0.25, -0.2) is 0 Å². The summed E-state index contributed by atoms with van der Waals surface area (Å²) in [6, 6.07) is 7.32. The van der Waals surface area contributed by atoms with Crippen molar-refractivity contribution in [2.24, 2.45) is 5.41 Å². The second kappa shape index (κ2) is 7.00. The van der Waals surface area contributed by atoms with E-state index in [4.69, 9.17) is 0 Å². The number of para-hydroxylation sites is 1. The molecule has 0 radical (unpaired) electrons. The molecule has 134 valence electrons. The average molecular weight is 342 g/mol. The highest BCUT2D eigenvalue weighted by molar-refractivity contribution is 6.07. The molecule has 1 fully saturated rings. The molecule has 25 heavy (non-hydrogen) atoms. The Labute approximate surface area is 148 Å². The molecule has 2 N–H and O–H groups in total. The standard InChI is InChI=1S/C20H26N2O3/c1-3-17(19(25)21-12-20(13-23)9-6-10-20)22-11-16(14(2)24)15-7-4-5-8-18(15)22/h4-5,7-8,11,17,23H,3,6,9-10,12-13H2,1-2H3,(H,21,25). The minimum Gasteiger partial charge on any atom is -0.396 e. The minimum absolute atomic E-state index is 0.00101. The zero-order valence-corrected chi connectivity index (χ0v) is 14.9. The summed E-state index contributed by atoms with van der Waals surface area (Å²) in [6.45, 7) is 4.15. The Morgan fingerprint density at radius 3 is 2.60 bits per heavy atom. The number of nitrogens with zero attached hydrogens (tertiary/aromatic N) is 1. The molecular weight excluding hydrogens is 316 g/mol. The number of carbonyl (C=O) groups excluding carboxylic acids is 2. The zero-order chi connectivity index (χ0) is 18.0. The molecule has 0 aliphatic heterocycles. The van der Waals surface area contributed by atoms with Crippen LogP contribution >= 0.6 is 0 Å². The monoisotopic (exact) mass is 342 g/mol. The van der Waals surface area contributed by atoms with Gasteiger partial charge in [0.05, 0.1) is 6.61 Å². The van der Waals surface area contributed by atoms with Crippen LogP contribution < -0.4 is 5.32 Å². The molecule has 5 nitrogen and oxygen atoms in total. The summed E-state index contributed by atoms with van der Waals surface area (Å²) in [7, 11) is 0. The van der Waals surface area contributed by atoms with Crippen molar-refractivity contribution in [2.75, 3.05) is 13.2 Å². The SMILES string of the molecule is CCC(C(=O)NCC1(CO)CCC1)n1cc(C(C)=O)c2ccccc21. The smallest absolute Gasteiger partial charge is 0.243 e. The van der Waals surface area contributed by atoms with Gasteiger partial charge in [-0.2, -0.15) is 0 Å². The number of ketones is 1. The van der Waals surface area contributed by atoms with Crippen LogP contribution in [-0.2, 0) is 4.79 Å². The Morgan fingerprint density at radius 2 is 2.04 bits per heavy atom. The number of aliphatic hydroxyl groups excluding tert-OH is 1. The third kappa shape index (κ3) is 3.21. The maximum absolute atomic E-state index is 12.8. The van der Waals surface area contributed by atoms with E-state index in [0.717, 1.165) is 30.2 Å². The molecule has 1 aliphatic rings. The van der Waals surface area contributed by atoms with Crippen LogP contribution in [0.3, 0.4) is 0 Å². The molecule has 1 saturated carbocycles. The number of fused-ring (bicyclic) bond motifs is 1. The molecule has 1 aromatic heterocycles. The lowest BCUT2D eigenvalue weighted by Gasteiger charge is -2.40. The molecule has 3 rings (SSSR count). The predicted octanol–water partition coefficient (Wildman–Crippen LogP) is 3.07. The molecule has 0 saturated heterocycles. The van der Waals surface area contributed by atoms with E-state index in [2.05, 4.69) is 5.32 Å². The van der Waals surface area contributed by atoms with E-state index in [0.29, 0.717) is 18.5 Å². The molecule has 1 heterocycles. The number of rotatable bonds is 7. The highest BCUT2D eigenvalue weighted by Crippen LogP contribution is 2.39. The van der Waals surface area contributed by atoms with Crippen molar-refractivity contribution in [1.29, 1.82) is 0 Å². The van der Waals surface area contributed by atoms with Gasteiger partial charge in [-0.1, -0.05) is 31.5 Å². The second-order valence-electron chi connectivity index (χ2n) is 7.18. The molecule has 0 bridgehead atoms. The van der Waals surface area contributed by atoms with Gasteiger partial charge in [-0.3, -0.25) is 9.59 Å². The van der Waals surface area contributed by atoms with Crippen LogP contribution in [0.5, 0.6) is 0 Å². The number of carbonyl (C=O) groups is 2. The van der Waals surface area contributed by atoms with Gasteiger partial charge in [0, 0.05) is 34.6 Å². The fourth-order valence-electron chi connectivity index (χ4n) is 3.71. The largest absolute Gasteiger partial charge is 0.396 e. The Bertz CT molecular complexity index is 784. The molecule has 0 spiro atoms. The topological polar surface area (TPSA) is 71.3 Å². The van der Waals surface area contributed by atoms with Crippen molar-refractivity contribution in [3.8, 4) is 0 Å². The van der Waals surface area contributed by atoms with Gasteiger partial charge in [0.2, 0.25) is 5.91 Å². The third-order valence-electron chi connectivity index (χ3n) is 5.53. The molecule has 1 unspecified atom stereocenters. The van der Waals surface area contributed by atoms with Crippen molar-refractivity contribution in [1.82, 2.24) is 9.88 Å². The van der Waals surface area contributed by atoms with Gasteiger partial charge in [-0.05, 0) is 32.3 Å². The van der Waals surface area contributed by atoms with E-state index in [1.807, 2.05) is 35.8 Å². The number of benzene rings is 1. The number of aromatic nitrogens is 1. The Hall–Kier alpha value is -2.14. The van der Waals surface area contributed by atoms with E-state index in [1.165, 1.54) is 0 Å². The van der Waals surface area contributed by atoms with Crippen molar-refractivity contribution in [2.45, 2.75) is 45.6 Å². The number of nitrogens with one attached hydrogen (secondary N) is 1. The third-order valence-corrected chi connectivity index (χ3v) is 5.53. The normalized spacial score (nSPS) is 17.1. The van der Waals surface area contributed by atoms with Gasteiger partial charge in [-0.15, -0.1) is 0 Å². The van der Waals surface area contributed by atoms with Crippen LogP contribution in [-0.4, -0.2) is 34.5 Å². The van der Waals surface area contributed by atoms with E-state index in [-0.39, 0.29) is 29.8 Å². The minimum atomic E-state index is -0.367. The molecule has 5 heteroatoms. The first kappa shape index (κ1) is 17.7. The Kier molecular flexibility index (Phi) is 4.95. The number of aliphatic hydroxyl groups is 1. The van der Waals surface area contributed by atoms with Crippen LogP contribution in [0.15, 0.2) is 30.5 Å². The first-order chi connectivity index (χ1) is 12.0. The molecule has 1 atom stereocenters. The van der Waals surface area contributed by atoms with Crippen LogP contribution in [0.4, 0.5) is 0 Å². The van der Waals surface area contributed by atoms with Gasteiger partial charge in [0.15, 0.2) is 5.78 Å². The molecule has 1 aromatic carbocycles. The first-order valence-electron chi connectivity index (χ1n) is 9.00. The lowest BCUT2D eigenvalue weighted by molar-refractivity contribution is -0.125. The summed E-state index contributed by atoms with van der Waals surface area (Å²) in [5, 5.41) is 13.5. The fraction of sp³-hybridized carbons (Fsp3) is 0.500. The summed E-state index contributed by atoms with van der Waals surface area (Å²) in [5.41, 5.74) is 1.40. The maximum Gasteiger partial charge on any atom is 0.243 e. The van der Waals surface area contributed by atoms with Crippen LogP contribution in [0.25, 0.3) is 10.9 Å². The van der Waals surface area contributed by atoms with Gasteiger partial charge in [0.25, 0.3) is 0 Å². The first-order valence-corrected chi connectivity index (χ1v) is 9.00. The fourth-order valence-corrected chi connectivity index (χ4v) is 3.71. The van der Waals surface area contributed by atoms with E-state index in [1.54, 1.807) is 13.1 Å². The predicted molar refractivity (Wildman–Crippen MR) is 97.7 cm³/mol. The summed E-state index contributed by atoms with van der Waals surface area (Å²) in [6.07, 6.45) is 5.46. The molecular formula is C20H26N2O3. The number of hydrogen-bond donors (Lipinski definition) is 2. The summed E-state index contributed by atoms with van der Waals surface area (Å²) in [5.74, 6) is -0.0583. The van der Waals surface area contributed by atoms with Crippen molar-refractivity contribution >= 4 is 22.6 Å². The van der Waals surface area contributed by atoms with E-state index < -0.39 is 0 Å². The second-order valence-corrected chi connectivity index (χ2v) is 7.18.